The molecule has 1 aromatic heterocycles. The number of fused-ring (bicyclic) bond motifs is 1. The summed E-state index contributed by atoms with van der Waals surface area (Å²) in [7, 11) is 1.87. The molecule has 116 valence electrons. The third-order valence-corrected chi connectivity index (χ3v) is 5.59. The summed E-state index contributed by atoms with van der Waals surface area (Å²) in [6, 6.07) is -0.00417. The molecule has 1 aliphatic heterocycles. The van der Waals surface area contributed by atoms with E-state index in [-0.39, 0.29) is 6.04 Å². The van der Waals surface area contributed by atoms with Crippen molar-refractivity contribution in [1.29, 1.82) is 0 Å². The number of aryl methyl sites for hydroxylation is 2. The summed E-state index contributed by atoms with van der Waals surface area (Å²) in [5.74, 6) is -0.188. The zero-order valence-electron chi connectivity index (χ0n) is 12.5. The van der Waals surface area contributed by atoms with Crippen molar-refractivity contribution in [1.82, 2.24) is 14.7 Å². The molecule has 1 aromatic rings. The molecule has 2 heterocycles. The van der Waals surface area contributed by atoms with Gasteiger partial charge in [0.25, 0.3) is 0 Å². The molecule has 0 amide bonds. The summed E-state index contributed by atoms with van der Waals surface area (Å²) < 4.78 is 1.78. The molecule has 0 bridgehead atoms. The van der Waals surface area contributed by atoms with Crippen LogP contribution < -0.4 is 0 Å². The fourth-order valence-corrected chi connectivity index (χ4v) is 4.27. The Hall–Kier alpha value is -1.07. The SMILES string of the molecule is Cc1nn(C)c(CN2C(C(=O)O)CC3CCCCC32)c1Cl. The molecule has 1 N–H and O–H groups in total. The lowest BCUT2D eigenvalue weighted by Gasteiger charge is -2.32. The first-order chi connectivity index (χ1) is 9.99. The molecule has 2 fully saturated rings. The molecule has 0 aromatic carbocycles. The Kier molecular flexibility index (Phi) is 3.97. The normalized spacial score (nSPS) is 29.6. The lowest BCUT2D eigenvalue weighted by molar-refractivity contribution is -0.143. The number of halogens is 1. The Balaban J connectivity index is 1.88. The number of carboxylic acid groups (broad SMARTS) is 1. The molecule has 2 aliphatic rings. The highest BCUT2D eigenvalue weighted by Gasteiger charge is 2.45. The second kappa shape index (κ2) is 5.61. The third kappa shape index (κ3) is 2.57. The highest BCUT2D eigenvalue weighted by atomic mass is 35.5. The number of carbonyl (C=O) groups is 1. The van der Waals surface area contributed by atoms with Gasteiger partial charge in [-0.25, -0.2) is 0 Å². The maximum absolute atomic E-state index is 11.6. The van der Waals surface area contributed by atoms with E-state index >= 15 is 0 Å². The van der Waals surface area contributed by atoms with Crippen LogP contribution in [-0.4, -0.2) is 37.8 Å². The molecule has 3 rings (SSSR count). The summed E-state index contributed by atoms with van der Waals surface area (Å²) in [5.41, 5.74) is 1.73. The third-order valence-electron chi connectivity index (χ3n) is 5.10. The van der Waals surface area contributed by atoms with E-state index in [9.17, 15) is 9.90 Å². The minimum absolute atomic E-state index is 0.381. The number of aliphatic carboxylic acids is 1. The molecular weight excluding hydrogens is 290 g/mol. The van der Waals surface area contributed by atoms with E-state index in [1.165, 1.54) is 12.8 Å². The molecule has 3 unspecified atom stereocenters. The minimum atomic E-state index is -0.709. The number of carboxylic acids is 1. The molecule has 1 saturated carbocycles. The summed E-state index contributed by atoms with van der Waals surface area (Å²) in [6.07, 6.45) is 5.45. The van der Waals surface area contributed by atoms with Crippen molar-refractivity contribution in [3.63, 3.8) is 0 Å². The Morgan fingerprint density at radius 3 is 2.76 bits per heavy atom. The van der Waals surface area contributed by atoms with E-state index in [2.05, 4.69) is 10.00 Å². The second-order valence-corrected chi connectivity index (χ2v) is 6.72. The van der Waals surface area contributed by atoms with Crippen LogP contribution in [0.5, 0.6) is 0 Å². The van der Waals surface area contributed by atoms with Crippen LogP contribution in [0.25, 0.3) is 0 Å². The van der Waals surface area contributed by atoms with Gasteiger partial charge in [0, 0.05) is 19.6 Å². The smallest absolute Gasteiger partial charge is 0.320 e. The van der Waals surface area contributed by atoms with E-state index in [0.29, 0.717) is 23.5 Å². The van der Waals surface area contributed by atoms with Crippen molar-refractivity contribution in [2.24, 2.45) is 13.0 Å². The largest absolute Gasteiger partial charge is 0.480 e. The van der Waals surface area contributed by atoms with Gasteiger partial charge in [0.05, 0.1) is 16.4 Å². The minimum Gasteiger partial charge on any atom is -0.480 e. The average molecular weight is 312 g/mol. The summed E-state index contributed by atoms with van der Waals surface area (Å²) >= 11 is 6.34. The van der Waals surface area contributed by atoms with Crippen molar-refractivity contribution in [3.8, 4) is 0 Å². The zero-order valence-corrected chi connectivity index (χ0v) is 13.3. The topological polar surface area (TPSA) is 58.4 Å². The van der Waals surface area contributed by atoms with Crippen molar-refractivity contribution in [2.45, 2.75) is 57.7 Å². The number of hydrogen-bond acceptors (Lipinski definition) is 3. The Labute approximate surface area is 129 Å². The predicted molar refractivity (Wildman–Crippen MR) is 80.3 cm³/mol. The van der Waals surface area contributed by atoms with Gasteiger partial charge < -0.3 is 5.11 Å². The van der Waals surface area contributed by atoms with Gasteiger partial charge in [0.2, 0.25) is 0 Å². The highest BCUT2D eigenvalue weighted by molar-refractivity contribution is 6.31. The van der Waals surface area contributed by atoms with Crippen molar-refractivity contribution in [3.05, 3.63) is 16.4 Å². The molecule has 6 heteroatoms. The highest BCUT2D eigenvalue weighted by Crippen LogP contribution is 2.41. The first-order valence-electron chi connectivity index (χ1n) is 7.65. The Morgan fingerprint density at radius 2 is 2.14 bits per heavy atom. The van der Waals surface area contributed by atoms with Crippen LogP contribution in [0.2, 0.25) is 5.02 Å². The van der Waals surface area contributed by atoms with E-state index < -0.39 is 5.97 Å². The van der Waals surface area contributed by atoms with Crippen molar-refractivity contribution < 1.29 is 9.90 Å². The summed E-state index contributed by atoms with van der Waals surface area (Å²) in [4.78, 5) is 13.8. The fourth-order valence-electron chi connectivity index (χ4n) is 4.05. The molecule has 21 heavy (non-hydrogen) atoms. The van der Waals surface area contributed by atoms with Gasteiger partial charge in [-0.05, 0) is 32.1 Å². The van der Waals surface area contributed by atoms with Crippen molar-refractivity contribution >= 4 is 17.6 Å². The number of hydrogen-bond donors (Lipinski definition) is 1. The van der Waals surface area contributed by atoms with Gasteiger partial charge >= 0.3 is 5.97 Å². The van der Waals surface area contributed by atoms with Gasteiger partial charge in [-0.3, -0.25) is 14.4 Å². The fraction of sp³-hybridized carbons (Fsp3) is 0.733. The maximum Gasteiger partial charge on any atom is 0.320 e. The van der Waals surface area contributed by atoms with Crippen LogP contribution in [0.1, 0.15) is 43.5 Å². The molecule has 1 aliphatic carbocycles. The quantitative estimate of drug-likeness (QED) is 0.932. The molecule has 0 spiro atoms. The van der Waals surface area contributed by atoms with E-state index in [0.717, 1.165) is 30.7 Å². The molecule has 5 nitrogen and oxygen atoms in total. The molecule has 1 saturated heterocycles. The first-order valence-corrected chi connectivity index (χ1v) is 8.03. The van der Waals surface area contributed by atoms with Gasteiger partial charge in [0.15, 0.2) is 0 Å². The van der Waals surface area contributed by atoms with Gasteiger partial charge in [-0.1, -0.05) is 24.4 Å². The van der Waals surface area contributed by atoms with E-state index in [1.807, 2.05) is 14.0 Å². The molecular formula is C15H22ClN3O2. The van der Waals surface area contributed by atoms with Crippen LogP contribution in [0.15, 0.2) is 0 Å². The maximum atomic E-state index is 11.6. The van der Waals surface area contributed by atoms with Crippen LogP contribution in [0.4, 0.5) is 0 Å². The van der Waals surface area contributed by atoms with Gasteiger partial charge in [-0.15, -0.1) is 0 Å². The van der Waals surface area contributed by atoms with E-state index in [1.54, 1.807) is 4.68 Å². The van der Waals surface area contributed by atoms with Crippen LogP contribution in [0, 0.1) is 12.8 Å². The predicted octanol–water partition coefficient (Wildman–Crippen LogP) is 2.60. The Bertz CT molecular complexity index is 557. The Morgan fingerprint density at radius 1 is 1.43 bits per heavy atom. The monoisotopic (exact) mass is 311 g/mol. The number of rotatable bonds is 3. The van der Waals surface area contributed by atoms with Crippen LogP contribution in [0.3, 0.4) is 0 Å². The number of nitrogens with zero attached hydrogens (tertiary/aromatic N) is 3. The lowest BCUT2D eigenvalue weighted by Crippen LogP contribution is -2.42. The standard InChI is InChI=1S/C15H22ClN3O2/c1-9-14(16)13(18(2)17-9)8-19-11-6-4-3-5-10(11)7-12(19)15(20)21/h10-12H,3-8H2,1-2H3,(H,20,21). The van der Waals surface area contributed by atoms with Crippen LogP contribution >= 0.6 is 11.6 Å². The second-order valence-electron chi connectivity index (χ2n) is 6.34. The van der Waals surface area contributed by atoms with Crippen LogP contribution in [-0.2, 0) is 18.4 Å². The average Bonchev–Trinajstić information content (AvgIpc) is 2.93. The summed E-state index contributed by atoms with van der Waals surface area (Å²) in [6.45, 7) is 2.46. The number of aromatic nitrogens is 2. The molecule has 3 atom stereocenters. The molecule has 0 radical (unpaired) electrons. The summed E-state index contributed by atoms with van der Waals surface area (Å²) in [5, 5.41) is 14.6. The lowest BCUT2D eigenvalue weighted by atomic mass is 9.85. The van der Waals surface area contributed by atoms with Gasteiger partial charge in [0.1, 0.15) is 6.04 Å². The van der Waals surface area contributed by atoms with Gasteiger partial charge in [-0.2, -0.15) is 5.10 Å². The number of likely N-dealkylation sites (tertiary alicyclic amines) is 1. The van der Waals surface area contributed by atoms with Crippen molar-refractivity contribution in [2.75, 3.05) is 0 Å². The zero-order chi connectivity index (χ0) is 15.1. The van der Waals surface area contributed by atoms with E-state index in [4.69, 9.17) is 11.6 Å². The first kappa shape index (κ1) is 14.9.